The number of para-hydroxylation sites is 2. The van der Waals surface area contributed by atoms with Crippen molar-refractivity contribution in [3.8, 4) is 0 Å². The first-order valence-corrected chi connectivity index (χ1v) is 12.3. The molecule has 0 amide bonds. The molecule has 0 radical (unpaired) electrons. The molecule has 0 saturated heterocycles. The molecule has 1 spiro atoms. The second kappa shape index (κ2) is 7.89. The number of rotatable bonds is 3. The number of nitrogens with zero attached hydrogens (tertiary/aromatic N) is 4. The van der Waals surface area contributed by atoms with Gasteiger partial charge >= 0.3 is 0 Å². The number of benzene rings is 4. The van der Waals surface area contributed by atoms with Gasteiger partial charge < -0.3 is 5.32 Å². The highest BCUT2D eigenvalue weighted by Crippen LogP contribution is 2.47. The van der Waals surface area contributed by atoms with Crippen molar-refractivity contribution in [1.82, 2.24) is 9.78 Å². The Hall–Kier alpha value is -4.29. The van der Waals surface area contributed by atoms with Gasteiger partial charge in [-0.2, -0.15) is 10.2 Å². The molecule has 2 aliphatic rings. The van der Waals surface area contributed by atoms with Crippen molar-refractivity contribution in [2.24, 2.45) is 5.10 Å². The van der Waals surface area contributed by atoms with Gasteiger partial charge in [0, 0.05) is 22.6 Å². The summed E-state index contributed by atoms with van der Waals surface area (Å²) in [4.78, 5) is -0.702. The first kappa shape index (κ1) is 20.1. The predicted octanol–water partition coefficient (Wildman–Crippen LogP) is 6.62. The summed E-state index contributed by atoms with van der Waals surface area (Å²) in [6.07, 6.45) is 4.18. The molecule has 35 heavy (non-hydrogen) atoms. The third kappa shape index (κ3) is 3.26. The maximum Gasteiger partial charge on any atom is 0.207 e. The molecule has 3 heterocycles. The SMILES string of the molecule is C1=C(c2ccccc2)n2ncc3cccc(c32)NC12SC(c1ccccc1)=NN2c1ccccc1. The third-order valence-corrected chi connectivity index (χ3v) is 7.53. The van der Waals surface area contributed by atoms with E-state index in [9.17, 15) is 0 Å². The van der Waals surface area contributed by atoms with Crippen LogP contribution in [0.3, 0.4) is 0 Å². The lowest BCUT2D eigenvalue weighted by Gasteiger charge is -2.35. The average Bonchev–Trinajstić information content (AvgIpc) is 3.48. The number of thioether (sulfide) groups is 1. The van der Waals surface area contributed by atoms with Crippen LogP contribution in [0.1, 0.15) is 11.1 Å². The van der Waals surface area contributed by atoms with Crippen LogP contribution in [0.15, 0.2) is 127 Å². The molecule has 1 aromatic heterocycles. The Balaban J connectivity index is 1.49. The summed E-state index contributed by atoms with van der Waals surface area (Å²) < 4.78 is 2.05. The maximum absolute atomic E-state index is 5.16. The van der Waals surface area contributed by atoms with Crippen LogP contribution < -0.4 is 10.3 Å². The van der Waals surface area contributed by atoms with Gasteiger partial charge in [-0.25, -0.2) is 9.69 Å². The predicted molar refractivity (Wildman–Crippen MR) is 145 cm³/mol. The quantitative estimate of drug-likeness (QED) is 0.321. The Morgan fingerprint density at radius 1 is 0.714 bits per heavy atom. The van der Waals surface area contributed by atoms with Crippen LogP contribution >= 0.6 is 11.8 Å². The Bertz CT molecular complexity index is 1590. The van der Waals surface area contributed by atoms with Gasteiger partial charge in [-0.05, 0) is 30.0 Å². The minimum Gasteiger partial charge on any atom is -0.347 e. The van der Waals surface area contributed by atoms with Crippen LogP contribution in [-0.4, -0.2) is 19.8 Å². The third-order valence-electron chi connectivity index (χ3n) is 6.31. The Kier molecular flexibility index (Phi) is 4.53. The number of hydrogen-bond acceptors (Lipinski definition) is 5. The van der Waals surface area contributed by atoms with E-state index in [1.54, 1.807) is 11.8 Å². The highest BCUT2D eigenvalue weighted by atomic mass is 32.2. The summed E-state index contributed by atoms with van der Waals surface area (Å²) in [5, 5.41) is 18.0. The molecule has 0 saturated carbocycles. The lowest BCUT2D eigenvalue weighted by atomic mass is 10.1. The van der Waals surface area contributed by atoms with Gasteiger partial charge in [-0.1, -0.05) is 91.0 Å². The lowest BCUT2D eigenvalue weighted by Crippen LogP contribution is -2.45. The van der Waals surface area contributed by atoms with E-state index in [0.717, 1.165) is 44.1 Å². The van der Waals surface area contributed by atoms with E-state index in [-0.39, 0.29) is 0 Å². The minimum atomic E-state index is -0.702. The standard InChI is InChI=1S/C29H21N5S/c1-4-11-21(12-5-1)26-19-29(31-25-18-10-15-23-20-30-33(26)27(23)25)34(24-16-8-3-9-17-24)32-28(35-29)22-13-6-2-7-14-22/h1-20,31H. The van der Waals surface area contributed by atoms with Crippen LogP contribution in [-0.2, 0) is 0 Å². The number of anilines is 2. The zero-order valence-electron chi connectivity index (χ0n) is 18.7. The van der Waals surface area contributed by atoms with E-state index in [2.05, 4.69) is 95.3 Å². The fourth-order valence-electron chi connectivity index (χ4n) is 4.71. The zero-order chi connectivity index (χ0) is 23.2. The second-order valence-corrected chi connectivity index (χ2v) is 9.75. The number of aromatic nitrogens is 2. The average molecular weight is 472 g/mol. The topological polar surface area (TPSA) is 45.5 Å². The monoisotopic (exact) mass is 471 g/mol. The van der Waals surface area contributed by atoms with Gasteiger partial charge in [-0.3, -0.25) is 0 Å². The minimum absolute atomic E-state index is 0.702. The second-order valence-electron chi connectivity index (χ2n) is 8.54. The van der Waals surface area contributed by atoms with E-state index in [0.29, 0.717) is 0 Å². The molecule has 1 N–H and O–H groups in total. The van der Waals surface area contributed by atoms with E-state index in [1.165, 1.54) is 0 Å². The fraction of sp³-hybridized carbons (Fsp3) is 0.0345. The molecule has 0 bridgehead atoms. The Morgan fingerprint density at radius 2 is 1.40 bits per heavy atom. The summed E-state index contributed by atoms with van der Waals surface area (Å²) in [6.45, 7) is 0. The summed E-state index contributed by atoms with van der Waals surface area (Å²) in [5.41, 5.74) is 6.27. The van der Waals surface area contributed by atoms with Gasteiger partial charge in [-0.15, -0.1) is 0 Å². The fourth-order valence-corrected chi connectivity index (χ4v) is 5.95. The van der Waals surface area contributed by atoms with Gasteiger partial charge in [0.2, 0.25) is 4.99 Å². The van der Waals surface area contributed by atoms with E-state index in [4.69, 9.17) is 10.2 Å². The molecular formula is C29H21N5S. The van der Waals surface area contributed by atoms with Gasteiger partial charge in [0.25, 0.3) is 0 Å². The van der Waals surface area contributed by atoms with Crippen molar-refractivity contribution < 1.29 is 0 Å². The van der Waals surface area contributed by atoms with E-state index < -0.39 is 4.99 Å². The maximum atomic E-state index is 5.16. The Labute approximate surface area is 207 Å². The molecule has 6 heteroatoms. The van der Waals surface area contributed by atoms with Gasteiger partial charge in [0.1, 0.15) is 5.04 Å². The first-order valence-electron chi connectivity index (χ1n) is 11.5. The van der Waals surface area contributed by atoms with Gasteiger partial charge in [0.05, 0.1) is 28.8 Å². The molecule has 7 rings (SSSR count). The largest absolute Gasteiger partial charge is 0.347 e. The molecule has 0 fully saturated rings. The van der Waals surface area contributed by atoms with Crippen LogP contribution in [0.4, 0.5) is 11.4 Å². The number of hydrogen-bond donors (Lipinski definition) is 1. The van der Waals surface area contributed by atoms with E-state index in [1.807, 2.05) is 41.2 Å². The first-order chi connectivity index (χ1) is 17.3. The normalized spacial score (nSPS) is 18.8. The summed E-state index contributed by atoms with van der Waals surface area (Å²) >= 11 is 1.71. The van der Waals surface area contributed by atoms with Gasteiger partial charge in [0.15, 0.2) is 0 Å². The van der Waals surface area contributed by atoms with Crippen molar-refractivity contribution in [1.29, 1.82) is 0 Å². The summed E-state index contributed by atoms with van der Waals surface area (Å²) in [7, 11) is 0. The highest BCUT2D eigenvalue weighted by Gasteiger charge is 2.46. The molecular weight excluding hydrogens is 450 g/mol. The smallest absolute Gasteiger partial charge is 0.207 e. The molecule has 0 aliphatic carbocycles. The molecule has 1 atom stereocenters. The molecule has 1 unspecified atom stereocenters. The zero-order valence-corrected chi connectivity index (χ0v) is 19.6. The van der Waals surface area contributed by atoms with Crippen LogP contribution in [0.5, 0.6) is 0 Å². The molecule has 4 aromatic carbocycles. The number of hydrazone groups is 1. The van der Waals surface area contributed by atoms with Crippen molar-refractivity contribution in [3.05, 3.63) is 133 Å². The summed E-state index contributed by atoms with van der Waals surface area (Å²) in [5.74, 6) is 0. The lowest BCUT2D eigenvalue weighted by molar-refractivity contribution is 0.749. The van der Waals surface area contributed by atoms with Crippen LogP contribution in [0.2, 0.25) is 0 Å². The van der Waals surface area contributed by atoms with Crippen molar-refractivity contribution >= 4 is 44.8 Å². The van der Waals surface area contributed by atoms with Crippen LogP contribution in [0.25, 0.3) is 16.6 Å². The van der Waals surface area contributed by atoms with Crippen molar-refractivity contribution in [3.63, 3.8) is 0 Å². The Morgan fingerprint density at radius 3 is 2.14 bits per heavy atom. The van der Waals surface area contributed by atoms with Crippen LogP contribution in [0, 0.1) is 0 Å². The van der Waals surface area contributed by atoms with Crippen molar-refractivity contribution in [2.45, 2.75) is 4.99 Å². The highest BCUT2D eigenvalue weighted by molar-refractivity contribution is 8.16. The molecule has 5 nitrogen and oxygen atoms in total. The molecule has 168 valence electrons. The molecule has 5 aromatic rings. The number of nitrogens with one attached hydrogen (secondary N) is 1. The summed E-state index contributed by atoms with van der Waals surface area (Å²) in [6, 6.07) is 37.4. The van der Waals surface area contributed by atoms with Crippen molar-refractivity contribution in [2.75, 3.05) is 10.3 Å². The van der Waals surface area contributed by atoms with E-state index >= 15 is 0 Å². The molecule has 2 aliphatic heterocycles.